The lowest BCUT2D eigenvalue weighted by molar-refractivity contribution is 0.0611. The minimum Gasteiger partial charge on any atom is -0.395 e. The molecule has 0 aromatic rings. The third-order valence-corrected chi connectivity index (χ3v) is 3.41. The van der Waals surface area contributed by atoms with Crippen molar-refractivity contribution in [3.05, 3.63) is 0 Å². The minimum atomic E-state index is -0.230. The molecule has 0 aromatic carbocycles. The summed E-state index contributed by atoms with van der Waals surface area (Å²) in [6.45, 7) is 6.79. The van der Waals surface area contributed by atoms with Crippen LogP contribution >= 0.6 is 0 Å². The normalized spacial score (nSPS) is 29.6. The zero-order valence-corrected chi connectivity index (χ0v) is 10.5. The van der Waals surface area contributed by atoms with Gasteiger partial charge in [0.2, 0.25) is 0 Å². The molecule has 1 aliphatic rings. The number of β-amino-alcohol motifs (C(OH)–C–C–N with tert-alkyl or cyclic N) is 1. The number of rotatable bonds is 5. The molecule has 96 valence electrons. The van der Waals surface area contributed by atoms with Gasteiger partial charge in [-0.2, -0.15) is 0 Å². The molecule has 0 aromatic heterocycles. The zero-order chi connectivity index (χ0) is 12.1. The first-order chi connectivity index (χ1) is 7.52. The molecule has 0 bridgehead atoms. The fraction of sp³-hybridized carbons (Fsp3) is 1.00. The van der Waals surface area contributed by atoms with E-state index >= 15 is 0 Å². The molecular formula is C12H26N2O2. The van der Waals surface area contributed by atoms with E-state index in [9.17, 15) is 5.11 Å². The Bertz CT molecular complexity index is 199. The number of nitrogens with zero attached hydrogens (tertiary/aromatic N) is 1. The SMILES string of the molecule is CC(C)C(O)CC1CC(N)CN(CCO)C1. The molecule has 3 atom stereocenters. The average molecular weight is 230 g/mol. The molecule has 4 heteroatoms. The van der Waals surface area contributed by atoms with Crippen LogP contribution in [-0.4, -0.2) is 53.5 Å². The van der Waals surface area contributed by atoms with Crippen LogP contribution in [0, 0.1) is 11.8 Å². The van der Waals surface area contributed by atoms with Gasteiger partial charge in [0, 0.05) is 25.7 Å². The highest BCUT2D eigenvalue weighted by Gasteiger charge is 2.27. The highest BCUT2D eigenvalue weighted by atomic mass is 16.3. The number of hydrogen-bond acceptors (Lipinski definition) is 4. The van der Waals surface area contributed by atoms with E-state index in [4.69, 9.17) is 10.8 Å². The van der Waals surface area contributed by atoms with Gasteiger partial charge in [-0.3, -0.25) is 4.90 Å². The first-order valence-electron chi connectivity index (χ1n) is 6.29. The predicted octanol–water partition coefficient (Wildman–Crippen LogP) is 0.0349. The topological polar surface area (TPSA) is 69.7 Å². The molecule has 0 aliphatic carbocycles. The number of aliphatic hydroxyl groups is 2. The molecule has 16 heavy (non-hydrogen) atoms. The van der Waals surface area contributed by atoms with Gasteiger partial charge in [0.25, 0.3) is 0 Å². The van der Waals surface area contributed by atoms with Crippen molar-refractivity contribution in [2.45, 2.75) is 38.8 Å². The summed E-state index contributed by atoms with van der Waals surface area (Å²) >= 11 is 0. The van der Waals surface area contributed by atoms with Gasteiger partial charge in [0.05, 0.1) is 12.7 Å². The van der Waals surface area contributed by atoms with E-state index in [-0.39, 0.29) is 18.8 Å². The lowest BCUT2D eigenvalue weighted by atomic mass is 9.87. The van der Waals surface area contributed by atoms with E-state index in [0.29, 0.717) is 18.4 Å². The van der Waals surface area contributed by atoms with Crippen LogP contribution in [-0.2, 0) is 0 Å². The molecule has 0 spiro atoms. The summed E-state index contributed by atoms with van der Waals surface area (Å²) in [6.07, 6.45) is 1.59. The third-order valence-electron chi connectivity index (χ3n) is 3.41. The van der Waals surface area contributed by atoms with E-state index in [1.54, 1.807) is 0 Å². The van der Waals surface area contributed by atoms with Gasteiger partial charge in [-0.1, -0.05) is 13.8 Å². The van der Waals surface area contributed by atoms with E-state index in [1.807, 2.05) is 13.8 Å². The Kier molecular flexibility index (Phi) is 5.69. The molecule has 1 aliphatic heterocycles. The highest BCUT2D eigenvalue weighted by molar-refractivity contribution is 4.83. The van der Waals surface area contributed by atoms with Crippen LogP contribution in [0.4, 0.5) is 0 Å². The van der Waals surface area contributed by atoms with Crippen molar-refractivity contribution in [3.63, 3.8) is 0 Å². The Labute approximate surface area is 98.4 Å². The second kappa shape index (κ2) is 6.55. The molecule has 0 radical (unpaired) electrons. The Morgan fingerprint density at radius 1 is 1.38 bits per heavy atom. The van der Waals surface area contributed by atoms with E-state index < -0.39 is 0 Å². The van der Waals surface area contributed by atoms with Crippen LogP contribution in [0.3, 0.4) is 0 Å². The number of nitrogens with two attached hydrogens (primary N) is 1. The second-order valence-corrected chi connectivity index (χ2v) is 5.39. The fourth-order valence-corrected chi connectivity index (χ4v) is 2.46. The molecule has 1 rings (SSSR count). The van der Waals surface area contributed by atoms with Crippen molar-refractivity contribution in [1.82, 2.24) is 4.90 Å². The molecule has 1 fully saturated rings. The largest absolute Gasteiger partial charge is 0.395 e. The standard InChI is InChI=1S/C12H26N2O2/c1-9(2)12(16)6-10-5-11(13)8-14(7-10)3-4-15/h9-12,15-16H,3-8,13H2,1-2H3. The van der Waals surface area contributed by atoms with Crippen LogP contribution in [0.25, 0.3) is 0 Å². The fourth-order valence-electron chi connectivity index (χ4n) is 2.46. The Morgan fingerprint density at radius 2 is 2.06 bits per heavy atom. The van der Waals surface area contributed by atoms with Crippen LogP contribution < -0.4 is 5.73 Å². The van der Waals surface area contributed by atoms with Gasteiger partial charge < -0.3 is 15.9 Å². The van der Waals surface area contributed by atoms with Gasteiger partial charge in [-0.25, -0.2) is 0 Å². The molecule has 4 N–H and O–H groups in total. The zero-order valence-electron chi connectivity index (χ0n) is 10.5. The summed E-state index contributed by atoms with van der Waals surface area (Å²) in [4.78, 5) is 2.20. The lowest BCUT2D eigenvalue weighted by Gasteiger charge is -2.37. The number of aliphatic hydroxyl groups excluding tert-OH is 2. The Balaban J connectivity index is 2.41. The van der Waals surface area contributed by atoms with E-state index in [2.05, 4.69) is 4.90 Å². The highest BCUT2D eigenvalue weighted by Crippen LogP contribution is 2.22. The van der Waals surface area contributed by atoms with Crippen molar-refractivity contribution in [2.24, 2.45) is 17.6 Å². The molecular weight excluding hydrogens is 204 g/mol. The molecule has 3 unspecified atom stereocenters. The van der Waals surface area contributed by atoms with Gasteiger partial charge in [-0.15, -0.1) is 0 Å². The van der Waals surface area contributed by atoms with Gasteiger partial charge in [0.15, 0.2) is 0 Å². The number of piperidine rings is 1. The van der Waals surface area contributed by atoms with Gasteiger partial charge in [0.1, 0.15) is 0 Å². The van der Waals surface area contributed by atoms with Crippen molar-refractivity contribution in [2.75, 3.05) is 26.2 Å². The molecule has 1 saturated heterocycles. The number of likely N-dealkylation sites (tertiary alicyclic amines) is 1. The first-order valence-corrected chi connectivity index (χ1v) is 6.29. The lowest BCUT2D eigenvalue weighted by Crippen LogP contribution is -2.48. The van der Waals surface area contributed by atoms with Crippen LogP contribution in [0.15, 0.2) is 0 Å². The number of hydrogen-bond donors (Lipinski definition) is 3. The maximum absolute atomic E-state index is 9.87. The summed E-state index contributed by atoms with van der Waals surface area (Å²) in [5.41, 5.74) is 5.99. The predicted molar refractivity (Wildman–Crippen MR) is 65.1 cm³/mol. The van der Waals surface area contributed by atoms with Crippen molar-refractivity contribution < 1.29 is 10.2 Å². The molecule has 1 heterocycles. The summed E-state index contributed by atoms with van der Waals surface area (Å²) < 4.78 is 0. The molecule has 4 nitrogen and oxygen atoms in total. The van der Waals surface area contributed by atoms with Crippen molar-refractivity contribution in [3.8, 4) is 0 Å². The first kappa shape index (κ1) is 13.9. The average Bonchev–Trinajstić information content (AvgIpc) is 2.16. The minimum absolute atomic E-state index is 0.185. The maximum atomic E-state index is 9.87. The summed E-state index contributed by atoms with van der Waals surface area (Å²) in [5, 5.41) is 18.8. The maximum Gasteiger partial charge on any atom is 0.0566 e. The van der Waals surface area contributed by atoms with Gasteiger partial charge >= 0.3 is 0 Å². The smallest absolute Gasteiger partial charge is 0.0566 e. The quantitative estimate of drug-likeness (QED) is 0.623. The summed E-state index contributed by atoms with van der Waals surface area (Å²) in [7, 11) is 0. The summed E-state index contributed by atoms with van der Waals surface area (Å²) in [6, 6.07) is 0.185. The van der Waals surface area contributed by atoms with E-state index in [0.717, 1.165) is 25.9 Å². The Morgan fingerprint density at radius 3 is 2.62 bits per heavy atom. The molecule has 0 amide bonds. The molecule has 0 saturated carbocycles. The third kappa shape index (κ3) is 4.37. The van der Waals surface area contributed by atoms with Crippen LogP contribution in [0.5, 0.6) is 0 Å². The monoisotopic (exact) mass is 230 g/mol. The van der Waals surface area contributed by atoms with Crippen LogP contribution in [0.2, 0.25) is 0 Å². The van der Waals surface area contributed by atoms with Crippen molar-refractivity contribution in [1.29, 1.82) is 0 Å². The van der Waals surface area contributed by atoms with Crippen molar-refractivity contribution >= 4 is 0 Å². The Hall–Kier alpha value is -0.160. The van der Waals surface area contributed by atoms with E-state index in [1.165, 1.54) is 0 Å². The van der Waals surface area contributed by atoms with Gasteiger partial charge in [-0.05, 0) is 24.7 Å². The summed E-state index contributed by atoms with van der Waals surface area (Å²) in [5.74, 6) is 0.775. The second-order valence-electron chi connectivity index (χ2n) is 5.39. The van der Waals surface area contributed by atoms with Crippen LogP contribution in [0.1, 0.15) is 26.7 Å².